The van der Waals surface area contributed by atoms with E-state index in [2.05, 4.69) is 0 Å². The van der Waals surface area contributed by atoms with Crippen LogP contribution in [0.2, 0.25) is 0 Å². The van der Waals surface area contributed by atoms with E-state index in [0.717, 1.165) is 22.4 Å². The summed E-state index contributed by atoms with van der Waals surface area (Å²) in [5.41, 5.74) is 2.11. The summed E-state index contributed by atoms with van der Waals surface area (Å²) >= 11 is 1.63. The summed E-state index contributed by atoms with van der Waals surface area (Å²) in [5.74, 6) is -0.712. The van der Waals surface area contributed by atoms with Crippen molar-refractivity contribution in [2.45, 2.75) is 19.3 Å². The first-order valence-corrected chi connectivity index (χ1v) is 7.88. The highest BCUT2D eigenvalue weighted by Crippen LogP contribution is 2.40. The molecule has 2 atom stereocenters. The summed E-state index contributed by atoms with van der Waals surface area (Å²) < 4.78 is 0. The number of Topliss-reactive ketones (excluding diaryl/α,β-unsaturated/α-hetero) is 1. The lowest BCUT2D eigenvalue weighted by Gasteiger charge is -2.29. The predicted octanol–water partition coefficient (Wildman–Crippen LogP) is 4.09. The van der Waals surface area contributed by atoms with Gasteiger partial charge in [-0.3, -0.25) is 9.59 Å². The topological polar surface area (TPSA) is 34.1 Å². The zero-order valence-electron chi connectivity index (χ0n) is 11.8. The molecule has 0 fully saturated rings. The molecule has 1 heterocycles. The molecule has 0 saturated carbocycles. The highest BCUT2D eigenvalue weighted by atomic mass is 32.1. The molecule has 106 valence electrons. The van der Waals surface area contributed by atoms with E-state index in [1.165, 1.54) is 6.92 Å². The Labute approximate surface area is 128 Å². The van der Waals surface area contributed by atoms with E-state index in [9.17, 15) is 9.59 Å². The van der Waals surface area contributed by atoms with Gasteiger partial charge < -0.3 is 0 Å². The summed E-state index contributed by atoms with van der Waals surface area (Å²) in [5, 5.41) is 2.01. The highest BCUT2D eigenvalue weighted by Gasteiger charge is 2.36. The number of thiophene rings is 1. The minimum Gasteiger partial charge on any atom is -0.299 e. The van der Waals surface area contributed by atoms with Crippen LogP contribution in [0.15, 0.2) is 53.9 Å². The fourth-order valence-electron chi connectivity index (χ4n) is 3.00. The molecule has 1 aromatic heterocycles. The molecule has 1 aliphatic rings. The van der Waals surface area contributed by atoms with E-state index < -0.39 is 5.92 Å². The smallest absolute Gasteiger partial charge is 0.167 e. The van der Waals surface area contributed by atoms with Crippen LogP contribution in [-0.4, -0.2) is 11.6 Å². The molecule has 0 spiro atoms. The van der Waals surface area contributed by atoms with Gasteiger partial charge in [-0.1, -0.05) is 36.4 Å². The third-order valence-corrected chi connectivity index (χ3v) is 4.91. The van der Waals surface area contributed by atoms with Crippen molar-refractivity contribution in [1.82, 2.24) is 0 Å². The van der Waals surface area contributed by atoms with E-state index >= 15 is 0 Å². The lowest BCUT2D eigenvalue weighted by atomic mass is 9.73. The Kier molecular flexibility index (Phi) is 3.84. The maximum atomic E-state index is 12.4. The minimum atomic E-state index is -0.545. The molecule has 2 aromatic rings. The second-order valence-corrected chi connectivity index (χ2v) is 6.31. The van der Waals surface area contributed by atoms with Gasteiger partial charge in [0.1, 0.15) is 5.78 Å². The monoisotopic (exact) mass is 296 g/mol. The van der Waals surface area contributed by atoms with Crippen LogP contribution in [0.4, 0.5) is 0 Å². The molecule has 1 aromatic carbocycles. The molecule has 21 heavy (non-hydrogen) atoms. The van der Waals surface area contributed by atoms with Gasteiger partial charge >= 0.3 is 0 Å². The third kappa shape index (κ3) is 2.74. The number of carbonyl (C=O) groups excluding carboxylic acids is 2. The fraction of sp³-hybridized carbons (Fsp3) is 0.222. The molecular formula is C18H16O2S. The first-order valence-electron chi connectivity index (χ1n) is 7.00. The average Bonchev–Trinajstić information content (AvgIpc) is 3.01. The Morgan fingerprint density at radius 3 is 2.52 bits per heavy atom. The van der Waals surface area contributed by atoms with Crippen LogP contribution in [-0.2, 0) is 9.59 Å². The minimum absolute atomic E-state index is 0.0460. The number of allylic oxidation sites excluding steroid dienone is 2. The molecular weight excluding hydrogens is 280 g/mol. The van der Waals surface area contributed by atoms with E-state index in [0.29, 0.717) is 0 Å². The standard InChI is InChI=1S/C18H16O2S/c1-12(19)18-15(13-6-3-2-4-7-13)10-14(11-16(18)20)17-8-5-9-21-17/h2-9,11,15,18H,10H2,1H3/t15-,18-/m1/s1. The Bertz CT molecular complexity index is 683. The van der Waals surface area contributed by atoms with Crippen molar-refractivity contribution in [3.8, 4) is 0 Å². The Balaban J connectivity index is 2.03. The summed E-state index contributed by atoms with van der Waals surface area (Å²) in [7, 11) is 0. The van der Waals surface area contributed by atoms with E-state index in [4.69, 9.17) is 0 Å². The van der Waals surface area contributed by atoms with E-state index in [-0.39, 0.29) is 17.5 Å². The number of rotatable bonds is 3. The summed E-state index contributed by atoms with van der Waals surface area (Å²) in [6.45, 7) is 1.52. The van der Waals surface area contributed by atoms with Crippen LogP contribution in [0.3, 0.4) is 0 Å². The van der Waals surface area contributed by atoms with Crippen molar-refractivity contribution >= 4 is 28.5 Å². The molecule has 0 amide bonds. The first kappa shape index (κ1) is 14.0. The highest BCUT2D eigenvalue weighted by molar-refractivity contribution is 7.11. The zero-order chi connectivity index (χ0) is 14.8. The van der Waals surface area contributed by atoms with Gasteiger partial charge in [0, 0.05) is 10.8 Å². The predicted molar refractivity (Wildman–Crippen MR) is 85.3 cm³/mol. The molecule has 0 bridgehead atoms. The van der Waals surface area contributed by atoms with Crippen molar-refractivity contribution in [2.75, 3.05) is 0 Å². The normalized spacial score (nSPS) is 22.0. The summed E-state index contributed by atoms with van der Waals surface area (Å²) in [6, 6.07) is 13.9. The SMILES string of the molecule is CC(=O)[C@H]1C(=O)C=C(c2cccs2)C[C@@H]1c1ccccc1. The van der Waals surface area contributed by atoms with E-state index in [1.54, 1.807) is 17.4 Å². The molecule has 0 N–H and O–H groups in total. The number of carbonyl (C=O) groups is 2. The van der Waals surface area contributed by atoms with Crippen molar-refractivity contribution in [3.05, 3.63) is 64.4 Å². The molecule has 2 nitrogen and oxygen atoms in total. The van der Waals surface area contributed by atoms with Crippen molar-refractivity contribution in [1.29, 1.82) is 0 Å². The summed E-state index contributed by atoms with van der Waals surface area (Å²) in [4.78, 5) is 25.5. The molecule has 0 radical (unpaired) electrons. The van der Waals surface area contributed by atoms with Crippen LogP contribution >= 0.6 is 11.3 Å². The largest absolute Gasteiger partial charge is 0.299 e. The Hall–Kier alpha value is -2.00. The molecule has 3 heteroatoms. The first-order chi connectivity index (χ1) is 10.2. The van der Waals surface area contributed by atoms with Gasteiger partial charge in [0.2, 0.25) is 0 Å². The molecule has 0 aliphatic heterocycles. The molecule has 0 unspecified atom stereocenters. The quantitative estimate of drug-likeness (QED) is 0.799. The van der Waals surface area contributed by atoms with Crippen molar-refractivity contribution in [2.24, 2.45) is 5.92 Å². The number of hydrogen-bond donors (Lipinski definition) is 0. The van der Waals surface area contributed by atoms with Gasteiger partial charge in [-0.15, -0.1) is 11.3 Å². The number of benzene rings is 1. The van der Waals surface area contributed by atoms with Crippen molar-refractivity contribution < 1.29 is 9.59 Å². The van der Waals surface area contributed by atoms with Gasteiger partial charge in [0.25, 0.3) is 0 Å². The van der Waals surface area contributed by atoms with Gasteiger partial charge in [0.05, 0.1) is 5.92 Å². The summed E-state index contributed by atoms with van der Waals surface area (Å²) in [6.07, 6.45) is 2.40. The van der Waals surface area contributed by atoms with Crippen molar-refractivity contribution in [3.63, 3.8) is 0 Å². The van der Waals surface area contributed by atoms with Gasteiger partial charge in [-0.2, -0.15) is 0 Å². The van der Waals surface area contributed by atoms with Crippen LogP contribution in [0.1, 0.15) is 29.7 Å². The Morgan fingerprint density at radius 2 is 1.90 bits per heavy atom. The lowest BCUT2D eigenvalue weighted by Crippen LogP contribution is -2.31. The zero-order valence-corrected chi connectivity index (χ0v) is 12.6. The van der Waals surface area contributed by atoms with Gasteiger partial charge in [-0.25, -0.2) is 0 Å². The number of ketones is 2. The van der Waals surface area contributed by atoms with Crippen LogP contribution in [0.5, 0.6) is 0 Å². The van der Waals surface area contributed by atoms with Gasteiger partial charge in [-0.05, 0) is 42.0 Å². The maximum absolute atomic E-state index is 12.4. The second kappa shape index (κ2) is 5.78. The Morgan fingerprint density at radius 1 is 1.14 bits per heavy atom. The fourth-order valence-corrected chi connectivity index (χ4v) is 3.76. The van der Waals surface area contributed by atoms with Gasteiger partial charge in [0.15, 0.2) is 5.78 Å². The van der Waals surface area contributed by atoms with Crippen LogP contribution in [0.25, 0.3) is 5.57 Å². The second-order valence-electron chi connectivity index (χ2n) is 5.36. The van der Waals surface area contributed by atoms with Crippen LogP contribution in [0, 0.1) is 5.92 Å². The molecule has 3 rings (SSSR count). The molecule has 1 aliphatic carbocycles. The molecule has 0 saturated heterocycles. The average molecular weight is 296 g/mol. The van der Waals surface area contributed by atoms with Crippen LogP contribution < -0.4 is 0 Å². The van der Waals surface area contributed by atoms with E-state index in [1.807, 2.05) is 47.8 Å². The third-order valence-electron chi connectivity index (χ3n) is 3.97. The number of hydrogen-bond acceptors (Lipinski definition) is 3. The lowest BCUT2D eigenvalue weighted by molar-refractivity contribution is -0.130. The maximum Gasteiger partial charge on any atom is 0.167 e.